The van der Waals surface area contributed by atoms with E-state index in [0.29, 0.717) is 57.9 Å². The summed E-state index contributed by atoms with van der Waals surface area (Å²) in [7, 11) is 0. The van der Waals surface area contributed by atoms with Crippen LogP contribution in [0.4, 0.5) is 0 Å². The fourth-order valence-electron chi connectivity index (χ4n) is 6.31. The van der Waals surface area contributed by atoms with Crippen LogP contribution in [0.3, 0.4) is 0 Å². The molecule has 0 saturated heterocycles. The average molecular weight is 828 g/mol. The van der Waals surface area contributed by atoms with Crippen LogP contribution in [-0.2, 0) is 4.74 Å². The Morgan fingerprint density at radius 1 is 0.667 bits per heavy atom. The molecule has 19 heteroatoms. The molecule has 19 nitrogen and oxygen atoms in total. The number of unbranched alkanes of at least 4 members (excludes halogenated alkanes) is 2. The molecule has 0 saturated carbocycles. The van der Waals surface area contributed by atoms with E-state index in [4.69, 9.17) is 10.5 Å². The number of nitrogens with zero attached hydrogens (tertiary/aromatic N) is 1. The molecule has 0 aromatic rings. The lowest BCUT2D eigenvalue weighted by molar-refractivity contribution is -0.191. The first-order valence-corrected chi connectivity index (χ1v) is 21.0. The average Bonchev–Trinajstić information content (AvgIpc) is 3.12. The van der Waals surface area contributed by atoms with Gasteiger partial charge in [0.2, 0.25) is 6.41 Å². The number of ether oxygens (including phenoxy) is 1. The van der Waals surface area contributed by atoms with Crippen LogP contribution in [0.2, 0.25) is 0 Å². The van der Waals surface area contributed by atoms with E-state index in [1.165, 1.54) is 0 Å². The Morgan fingerprint density at radius 3 is 1.75 bits per heavy atom. The van der Waals surface area contributed by atoms with Crippen LogP contribution in [0.15, 0.2) is 5.18 Å². The molecule has 0 radical (unpaired) electrons. The maximum atomic E-state index is 11.3. The Balaban J connectivity index is 5.57. The fraction of sp³-hybridized carbons (Fsp3) is 1.00. The lowest BCUT2D eigenvalue weighted by Crippen LogP contribution is -2.62. The largest absolute Gasteiger partial charge is 0.395 e. The molecule has 0 fully saturated rings. The topological polar surface area (TPSA) is 311 Å². The minimum absolute atomic E-state index is 0.0576. The van der Waals surface area contributed by atoms with Crippen LogP contribution in [0.25, 0.3) is 0 Å². The van der Waals surface area contributed by atoms with Gasteiger partial charge in [-0.3, -0.25) is 37.2 Å². The molecule has 0 bridgehead atoms. The second-order valence-corrected chi connectivity index (χ2v) is 17.1. The van der Waals surface area contributed by atoms with Gasteiger partial charge in [0.1, 0.15) is 37.4 Å². The van der Waals surface area contributed by atoms with Crippen molar-refractivity contribution < 1.29 is 45.6 Å². The van der Waals surface area contributed by atoms with E-state index in [1.54, 1.807) is 20.8 Å². The van der Waals surface area contributed by atoms with Gasteiger partial charge in [-0.25, -0.2) is 0 Å². The van der Waals surface area contributed by atoms with E-state index >= 15 is 0 Å². The summed E-state index contributed by atoms with van der Waals surface area (Å²) in [5, 5.41) is 110. The molecule has 17 N–H and O–H groups in total. The van der Waals surface area contributed by atoms with E-state index in [-0.39, 0.29) is 50.0 Å². The van der Waals surface area contributed by atoms with Crippen LogP contribution in [0, 0.1) is 22.7 Å². The van der Waals surface area contributed by atoms with Gasteiger partial charge < -0.3 is 51.3 Å². The number of nitroso groups, excluding NO2 is 1. The van der Waals surface area contributed by atoms with E-state index in [2.05, 4.69) is 42.4 Å². The van der Waals surface area contributed by atoms with Gasteiger partial charge in [0.25, 0.3) is 0 Å². The van der Waals surface area contributed by atoms with Crippen molar-refractivity contribution in [1.82, 2.24) is 37.2 Å². The molecule has 13 atom stereocenters. The predicted octanol–water partition coefficient (Wildman–Crippen LogP) is -1.24. The first-order chi connectivity index (χ1) is 26.7. The molecule has 0 aliphatic heterocycles. The highest BCUT2D eigenvalue weighted by Gasteiger charge is 2.33. The minimum Gasteiger partial charge on any atom is -0.395 e. The van der Waals surface area contributed by atoms with Crippen LogP contribution in [0.1, 0.15) is 114 Å². The van der Waals surface area contributed by atoms with Crippen LogP contribution >= 0.6 is 0 Å². The smallest absolute Gasteiger partial charge is 0.214 e. The lowest BCUT2D eigenvalue weighted by Gasteiger charge is -2.37. The van der Waals surface area contributed by atoms with Crippen molar-refractivity contribution in [1.29, 1.82) is 0 Å². The normalized spacial score (nSPS) is 19.6. The molecule has 57 heavy (non-hydrogen) atoms. The van der Waals surface area contributed by atoms with Crippen LogP contribution < -0.4 is 43.0 Å². The second kappa shape index (κ2) is 30.9. The zero-order valence-electron chi connectivity index (χ0n) is 36.3. The molecule has 0 aromatic carbocycles. The van der Waals surface area contributed by atoms with E-state index in [1.807, 2.05) is 41.5 Å². The number of hydrogen-bond donors (Lipinski definition) is 16. The van der Waals surface area contributed by atoms with Crippen molar-refractivity contribution in [3.8, 4) is 0 Å². The standard InChI is InChI=1S/C38H85N9O10/c1-10-25(6)32(36(54)45-29(22-48)24(4)5)47-34(52)27(15-11-13-17-39)43-31(50)21-40-30(49)20-41-33(51)26(16-12-14-18-42-56)44-35(53)28(19-23(2)3)46-37(55)57-38(7,8)9/h23-37,40-41,43-55H,10-22,39H2,1-9H3/t25?,26-,27+,28+,29-,30?,31?,32-,33?,34?,35?,36?,37?/m1/s1. The first-order valence-electron chi connectivity index (χ1n) is 21.0. The summed E-state index contributed by atoms with van der Waals surface area (Å²) in [6, 6.07) is -2.99. The summed E-state index contributed by atoms with van der Waals surface area (Å²) in [6.07, 6.45) is -4.26. The van der Waals surface area contributed by atoms with Crippen LogP contribution in [-0.4, -0.2) is 153 Å². The molecule has 8 unspecified atom stereocenters. The molecular weight excluding hydrogens is 742 g/mol. The molecule has 0 aliphatic rings. The van der Waals surface area contributed by atoms with Gasteiger partial charge in [0.15, 0.2) is 0 Å². The third-order valence-electron chi connectivity index (χ3n) is 9.88. The number of nitrogens with one attached hydrogen (secondary N) is 7. The SMILES string of the molecule is CCC(C)[C@@H](NC(O)[C@H](CCCCN)NC(O)CNC(O)CNC(O)[C@@H](CCCCN=O)NC(O)[C@H](CC(C)C)NC(O)OC(C)(C)C)C(O)N[C@H](CO)C(C)C. The predicted molar refractivity (Wildman–Crippen MR) is 222 cm³/mol. The number of rotatable bonds is 36. The van der Waals surface area contributed by atoms with E-state index < -0.39 is 73.5 Å². The Labute approximate surface area is 342 Å². The third kappa shape index (κ3) is 26.0. The second-order valence-electron chi connectivity index (χ2n) is 17.1. The van der Waals surface area contributed by atoms with Crippen molar-refractivity contribution in [3.05, 3.63) is 4.91 Å². The van der Waals surface area contributed by atoms with Gasteiger partial charge in [-0.2, -0.15) is 4.91 Å². The van der Waals surface area contributed by atoms with Gasteiger partial charge in [-0.05, 0) is 83.6 Å². The first kappa shape index (κ1) is 55.9. The molecule has 0 aromatic heterocycles. The van der Waals surface area contributed by atoms with Crippen molar-refractivity contribution in [2.45, 2.75) is 193 Å². The quantitative estimate of drug-likeness (QED) is 0.0200. The Hall–Kier alpha value is -1.08. The van der Waals surface area contributed by atoms with E-state index in [9.17, 15) is 45.8 Å². The maximum absolute atomic E-state index is 11.3. The van der Waals surface area contributed by atoms with Gasteiger partial charge in [-0.15, -0.1) is 0 Å². The molecule has 342 valence electrons. The lowest BCUT2D eigenvalue weighted by atomic mass is 9.95. The Morgan fingerprint density at radius 2 is 1.23 bits per heavy atom. The summed E-state index contributed by atoms with van der Waals surface area (Å²) < 4.78 is 5.57. The monoisotopic (exact) mass is 828 g/mol. The van der Waals surface area contributed by atoms with Gasteiger partial charge in [0, 0.05) is 31.2 Å². The fourth-order valence-corrected chi connectivity index (χ4v) is 6.31. The van der Waals surface area contributed by atoms with Crippen molar-refractivity contribution in [2.24, 2.45) is 28.7 Å². The van der Waals surface area contributed by atoms with Crippen molar-refractivity contribution in [3.63, 3.8) is 0 Å². The molecular formula is C38H85N9O10. The maximum Gasteiger partial charge on any atom is 0.214 e. The Kier molecular flexibility index (Phi) is 30.3. The highest BCUT2D eigenvalue weighted by Crippen LogP contribution is 2.17. The zero-order valence-corrected chi connectivity index (χ0v) is 36.3. The summed E-state index contributed by atoms with van der Waals surface area (Å²) in [6.45, 7) is 17.2. The van der Waals surface area contributed by atoms with E-state index in [0.717, 1.165) is 0 Å². The number of hydrogen-bond acceptors (Lipinski definition) is 19. The highest BCUT2D eigenvalue weighted by molar-refractivity contribution is 4.88. The van der Waals surface area contributed by atoms with Gasteiger partial charge in [-0.1, -0.05) is 59.6 Å². The van der Waals surface area contributed by atoms with Crippen molar-refractivity contribution >= 4 is 0 Å². The number of aliphatic hydroxyl groups excluding tert-OH is 8. The molecule has 0 spiro atoms. The minimum atomic E-state index is -1.36. The number of nitrogens with two attached hydrogens (primary N) is 1. The number of aliphatic hydroxyl groups is 8. The summed E-state index contributed by atoms with van der Waals surface area (Å²) >= 11 is 0. The Bertz CT molecular complexity index is 990. The molecule has 0 heterocycles. The molecule has 0 rings (SSSR count). The highest BCUT2D eigenvalue weighted by atomic mass is 16.6. The van der Waals surface area contributed by atoms with Gasteiger partial charge >= 0.3 is 0 Å². The summed E-state index contributed by atoms with van der Waals surface area (Å²) in [5.74, 6) is 0.135. The van der Waals surface area contributed by atoms with Crippen LogP contribution in [0.5, 0.6) is 0 Å². The third-order valence-corrected chi connectivity index (χ3v) is 9.88. The molecule has 0 aliphatic carbocycles. The summed E-state index contributed by atoms with van der Waals surface area (Å²) in [4.78, 5) is 10.6. The molecule has 0 amide bonds. The summed E-state index contributed by atoms with van der Waals surface area (Å²) in [5.41, 5.74) is 5.06. The van der Waals surface area contributed by atoms with Gasteiger partial charge in [0.05, 0.1) is 30.8 Å². The zero-order chi connectivity index (χ0) is 43.7. The van der Waals surface area contributed by atoms with Crippen molar-refractivity contribution in [2.75, 3.05) is 32.8 Å².